The molecule has 1 fully saturated rings. The third-order valence-corrected chi connectivity index (χ3v) is 5.57. The van der Waals surface area contributed by atoms with E-state index in [-0.39, 0.29) is 18.6 Å². The maximum absolute atomic E-state index is 2.86. The van der Waals surface area contributed by atoms with Crippen LogP contribution in [0.1, 0.15) is 52.1 Å². The summed E-state index contributed by atoms with van der Waals surface area (Å²) in [5.41, 5.74) is 1.56. The van der Waals surface area contributed by atoms with Gasteiger partial charge in [0.05, 0.1) is 0 Å². The second kappa shape index (κ2) is 13.8. The molecule has 0 amide bonds. The maximum atomic E-state index is 2.86. The largest absolute Gasteiger partial charge is 0.295 e. The molecule has 2 heterocycles. The van der Waals surface area contributed by atoms with Crippen molar-refractivity contribution < 1.29 is 18.6 Å². The molecule has 2 unspecified atom stereocenters. The van der Waals surface area contributed by atoms with Crippen molar-refractivity contribution in [1.29, 1.82) is 0 Å². The zero-order chi connectivity index (χ0) is 16.4. The Balaban J connectivity index is 0.000000901. The Morgan fingerprint density at radius 3 is 2.43 bits per heavy atom. The molecule has 3 rings (SSSR count). The van der Waals surface area contributed by atoms with Gasteiger partial charge in [-0.2, -0.15) is 0 Å². The van der Waals surface area contributed by atoms with Crippen LogP contribution >= 0.6 is 21.2 Å². The predicted molar refractivity (Wildman–Crippen MR) is 105 cm³/mol. The minimum atomic E-state index is 0. The summed E-state index contributed by atoms with van der Waals surface area (Å²) in [5.74, 6) is 1.27. The number of hydrogen-bond donors (Lipinski definition) is 0. The zero-order valence-corrected chi connectivity index (χ0v) is 18.5. The summed E-state index contributed by atoms with van der Waals surface area (Å²) in [6, 6.07) is 9.62. The van der Waals surface area contributed by atoms with Gasteiger partial charge in [0.15, 0.2) is 0 Å². The molecule has 5 heteroatoms. The van der Waals surface area contributed by atoms with Crippen LogP contribution in [-0.2, 0) is 18.6 Å². The van der Waals surface area contributed by atoms with E-state index in [0.29, 0.717) is 6.04 Å². The van der Waals surface area contributed by atoms with E-state index in [1.165, 1.54) is 49.7 Å². The third kappa shape index (κ3) is 7.10. The Morgan fingerprint density at radius 1 is 1.00 bits per heavy atom. The van der Waals surface area contributed by atoms with Gasteiger partial charge in [-0.3, -0.25) is 9.57 Å². The molecule has 0 saturated carbocycles. The fourth-order valence-corrected chi connectivity index (χ4v) is 4.38. The monoisotopic (exact) mass is 391 g/mol. The molecule has 2 aliphatic rings. The molecular formula is C18H33N2PSV. The van der Waals surface area contributed by atoms with E-state index in [9.17, 15) is 0 Å². The molecule has 131 valence electrons. The predicted octanol–water partition coefficient (Wildman–Crippen LogP) is 5.07. The van der Waals surface area contributed by atoms with E-state index in [4.69, 9.17) is 0 Å². The molecule has 0 aromatic heterocycles. The Kier molecular flexibility index (Phi) is 14.1. The maximum Gasteiger partial charge on any atom is 0.0367 e. The third-order valence-electron chi connectivity index (χ3n) is 3.93. The molecule has 23 heavy (non-hydrogen) atoms. The van der Waals surface area contributed by atoms with Gasteiger partial charge in [-0.1, -0.05) is 55.3 Å². The van der Waals surface area contributed by atoms with Gasteiger partial charge in [-0.15, -0.1) is 11.8 Å². The van der Waals surface area contributed by atoms with E-state index in [0.717, 1.165) is 0 Å². The van der Waals surface area contributed by atoms with Gasteiger partial charge in [-0.05, 0) is 30.2 Å². The molecule has 0 aliphatic carbocycles. The van der Waals surface area contributed by atoms with Crippen LogP contribution in [0.2, 0.25) is 0 Å². The van der Waals surface area contributed by atoms with Crippen molar-refractivity contribution in [1.82, 2.24) is 9.57 Å². The molecule has 0 bridgehead atoms. The van der Waals surface area contributed by atoms with Crippen LogP contribution in [0.3, 0.4) is 0 Å². The van der Waals surface area contributed by atoms with Gasteiger partial charge in [0.25, 0.3) is 0 Å². The van der Waals surface area contributed by atoms with Gasteiger partial charge in [-0.25, -0.2) is 0 Å². The van der Waals surface area contributed by atoms with Gasteiger partial charge >= 0.3 is 0 Å². The van der Waals surface area contributed by atoms with E-state index >= 15 is 0 Å². The summed E-state index contributed by atoms with van der Waals surface area (Å²) < 4.78 is 2.38. The number of rotatable bonds is 1. The van der Waals surface area contributed by atoms with E-state index < -0.39 is 0 Å². The molecular weight excluding hydrogens is 358 g/mol. The van der Waals surface area contributed by atoms with Crippen molar-refractivity contribution in [2.75, 3.05) is 31.9 Å². The first-order chi connectivity index (χ1) is 10.8. The first-order valence-corrected chi connectivity index (χ1v) is 10.3. The number of thioether (sulfide) groups is 1. The van der Waals surface area contributed by atoms with Crippen LogP contribution in [0.25, 0.3) is 0 Å². The molecule has 0 spiro atoms. The SMILES string of the molecule is CC.CC.PN1CCCN(C2CCSc3ccccc32)CC1.[V]. The average molecular weight is 391 g/mol. The van der Waals surface area contributed by atoms with Crippen LogP contribution in [-0.4, -0.2) is 41.5 Å². The molecule has 2 nitrogen and oxygen atoms in total. The van der Waals surface area contributed by atoms with Gasteiger partial charge in [0.1, 0.15) is 0 Å². The normalized spacial score (nSPS) is 21.3. The van der Waals surface area contributed by atoms with Crippen LogP contribution in [0.15, 0.2) is 29.2 Å². The van der Waals surface area contributed by atoms with Gasteiger partial charge in [0.2, 0.25) is 0 Å². The molecule has 1 aromatic carbocycles. The molecule has 0 N–H and O–H groups in total. The van der Waals surface area contributed by atoms with Crippen molar-refractivity contribution in [2.24, 2.45) is 0 Å². The van der Waals surface area contributed by atoms with Crippen LogP contribution < -0.4 is 0 Å². The van der Waals surface area contributed by atoms with E-state index in [1.54, 1.807) is 5.56 Å². The van der Waals surface area contributed by atoms with Crippen LogP contribution in [0.5, 0.6) is 0 Å². The summed E-state index contributed by atoms with van der Waals surface area (Å²) in [7, 11) is 2.86. The fraction of sp³-hybridized carbons (Fsp3) is 0.667. The van der Waals surface area contributed by atoms with Crippen molar-refractivity contribution in [3.8, 4) is 0 Å². The number of benzene rings is 1. The topological polar surface area (TPSA) is 6.48 Å². The second-order valence-electron chi connectivity index (χ2n) is 5.12. The molecule has 2 aliphatic heterocycles. The van der Waals surface area contributed by atoms with E-state index in [2.05, 4.69) is 43.2 Å². The molecule has 1 radical (unpaired) electrons. The Hall–Kier alpha value is 0.504. The summed E-state index contributed by atoms with van der Waals surface area (Å²) in [5, 5.41) is 0. The Bertz CT molecular complexity index is 420. The first-order valence-electron chi connectivity index (χ1n) is 8.80. The quantitative estimate of drug-likeness (QED) is 0.617. The minimum absolute atomic E-state index is 0. The fourth-order valence-electron chi connectivity index (χ4n) is 2.97. The second-order valence-corrected chi connectivity index (χ2v) is 6.98. The van der Waals surface area contributed by atoms with Crippen molar-refractivity contribution in [2.45, 2.75) is 51.5 Å². The number of nitrogens with zero attached hydrogens (tertiary/aromatic N) is 2. The first kappa shape index (κ1) is 23.5. The van der Waals surface area contributed by atoms with Crippen LogP contribution in [0, 0.1) is 0 Å². The van der Waals surface area contributed by atoms with Gasteiger partial charge < -0.3 is 0 Å². The van der Waals surface area contributed by atoms with Gasteiger partial charge in [0, 0.05) is 55.7 Å². The molecule has 2 atom stereocenters. The standard InChI is InChI=1S/C14H21N2PS.2C2H6.V/c17-16-8-3-7-15(9-10-16)13-6-11-18-14-5-2-1-4-12(13)14;2*1-2;/h1-2,4-5,13H,3,6-11,17H2;2*1-2H3;. The molecule has 1 aromatic rings. The summed E-state index contributed by atoms with van der Waals surface area (Å²) >= 11 is 2.02. The van der Waals surface area contributed by atoms with Crippen LogP contribution in [0.4, 0.5) is 0 Å². The number of hydrogen-bond acceptors (Lipinski definition) is 3. The summed E-state index contributed by atoms with van der Waals surface area (Å²) in [6.07, 6.45) is 2.59. The zero-order valence-electron chi connectivity index (χ0n) is 15.2. The van der Waals surface area contributed by atoms with Crippen molar-refractivity contribution in [3.63, 3.8) is 0 Å². The Morgan fingerprint density at radius 2 is 1.70 bits per heavy atom. The minimum Gasteiger partial charge on any atom is -0.295 e. The van der Waals surface area contributed by atoms with Crippen molar-refractivity contribution >= 4 is 21.2 Å². The van der Waals surface area contributed by atoms with E-state index in [1.807, 2.05) is 39.5 Å². The molecule has 1 saturated heterocycles. The average Bonchev–Trinajstić information content (AvgIpc) is 2.82. The van der Waals surface area contributed by atoms with Crippen molar-refractivity contribution in [3.05, 3.63) is 29.8 Å². The smallest absolute Gasteiger partial charge is 0.0367 e. The number of fused-ring (bicyclic) bond motifs is 1. The summed E-state index contributed by atoms with van der Waals surface area (Å²) in [4.78, 5) is 4.20. The Labute approximate surface area is 162 Å². The summed E-state index contributed by atoms with van der Waals surface area (Å²) in [6.45, 7) is 12.8.